The van der Waals surface area contributed by atoms with Crippen molar-refractivity contribution in [3.63, 3.8) is 0 Å². The predicted molar refractivity (Wildman–Crippen MR) is 78.8 cm³/mol. The normalized spacial score (nSPS) is 13.5. The Morgan fingerprint density at radius 1 is 1.14 bits per heavy atom. The van der Waals surface area contributed by atoms with Crippen LogP contribution in [0.3, 0.4) is 0 Å². The summed E-state index contributed by atoms with van der Waals surface area (Å²) in [6, 6.07) is 4.65. The Morgan fingerprint density at radius 3 is 2.38 bits per heavy atom. The third kappa shape index (κ3) is 2.74. The average Bonchev–Trinajstić information content (AvgIpc) is 2.70. The quantitative estimate of drug-likeness (QED) is 0.650. The number of amides is 3. The van der Waals surface area contributed by atoms with Gasteiger partial charge in [0.1, 0.15) is 0 Å². The highest BCUT2D eigenvalue weighted by atomic mass is 16.2. The van der Waals surface area contributed by atoms with Gasteiger partial charge >= 0.3 is 0 Å². The first kappa shape index (κ1) is 15.0. The highest BCUT2D eigenvalue weighted by molar-refractivity contribution is 6.21. The zero-order valence-corrected chi connectivity index (χ0v) is 12.3. The molecule has 0 aromatic heterocycles. The number of anilines is 1. The van der Waals surface area contributed by atoms with Crippen LogP contribution in [0.4, 0.5) is 5.69 Å². The van der Waals surface area contributed by atoms with Gasteiger partial charge in [-0.05, 0) is 32.0 Å². The first-order valence-corrected chi connectivity index (χ1v) is 7.03. The van der Waals surface area contributed by atoms with E-state index in [0.29, 0.717) is 29.9 Å². The van der Waals surface area contributed by atoms with E-state index in [1.54, 1.807) is 17.0 Å². The van der Waals surface area contributed by atoms with Crippen LogP contribution in [0.1, 0.15) is 41.0 Å². The highest BCUT2D eigenvalue weighted by Gasteiger charge is 2.35. The van der Waals surface area contributed by atoms with E-state index in [2.05, 4.69) is 0 Å². The second-order valence-corrected chi connectivity index (χ2v) is 4.88. The van der Waals surface area contributed by atoms with Gasteiger partial charge in [-0.1, -0.05) is 0 Å². The van der Waals surface area contributed by atoms with Crippen molar-refractivity contribution in [3.8, 4) is 0 Å². The molecule has 2 N–H and O–H groups in total. The van der Waals surface area contributed by atoms with Crippen molar-refractivity contribution < 1.29 is 14.4 Å². The first-order chi connectivity index (χ1) is 9.99. The molecule has 1 aromatic carbocycles. The molecule has 112 valence electrons. The van der Waals surface area contributed by atoms with E-state index in [4.69, 9.17) is 5.73 Å². The van der Waals surface area contributed by atoms with Crippen LogP contribution < -0.4 is 5.73 Å². The summed E-state index contributed by atoms with van der Waals surface area (Å²) in [5.41, 5.74) is 6.75. The van der Waals surface area contributed by atoms with Crippen LogP contribution in [0.15, 0.2) is 18.2 Å². The molecule has 0 fully saturated rings. The van der Waals surface area contributed by atoms with Crippen LogP contribution in [-0.2, 0) is 4.79 Å². The lowest BCUT2D eigenvalue weighted by Crippen LogP contribution is -2.36. The highest BCUT2D eigenvalue weighted by Crippen LogP contribution is 2.24. The summed E-state index contributed by atoms with van der Waals surface area (Å²) >= 11 is 0. The van der Waals surface area contributed by atoms with Crippen molar-refractivity contribution in [2.45, 2.75) is 20.3 Å². The van der Waals surface area contributed by atoms with Gasteiger partial charge in [0, 0.05) is 31.7 Å². The lowest BCUT2D eigenvalue weighted by molar-refractivity contribution is -0.130. The minimum absolute atomic E-state index is 0.0592. The van der Waals surface area contributed by atoms with Crippen molar-refractivity contribution in [3.05, 3.63) is 29.3 Å². The molecule has 0 atom stereocenters. The van der Waals surface area contributed by atoms with Crippen molar-refractivity contribution >= 4 is 23.4 Å². The van der Waals surface area contributed by atoms with Gasteiger partial charge in [-0.15, -0.1) is 0 Å². The van der Waals surface area contributed by atoms with E-state index < -0.39 is 0 Å². The van der Waals surface area contributed by atoms with Gasteiger partial charge in [0.15, 0.2) is 0 Å². The molecule has 0 saturated carbocycles. The lowest BCUT2D eigenvalue weighted by Gasteiger charge is -2.20. The van der Waals surface area contributed by atoms with E-state index in [9.17, 15) is 14.4 Å². The molecule has 0 unspecified atom stereocenters. The minimum Gasteiger partial charge on any atom is -0.399 e. The van der Waals surface area contributed by atoms with Crippen molar-refractivity contribution in [1.29, 1.82) is 0 Å². The Bertz CT molecular complexity index is 594. The number of hydrogen-bond acceptors (Lipinski definition) is 4. The molecule has 1 aliphatic heterocycles. The molecule has 0 bridgehead atoms. The zero-order chi connectivity index (χ0) is 15.6. The van der Waals surface area contributed by atoms with Crippen LogP contribution in [0.25, 0.3) is 0 Å². The standard InChI is InChI=1S/C15H19N3O3/c1-3-17(4-2)13(19)7-8-18-14(20)11-6-5-10(16)9-12(11)15(18)21/h5-6,9H,3-4,7-8,16H2,1-2H3. The Kier molecular flexibility index (Phi) is 4.26. The maximum absolute atomic E-state index is 12.2. The van der Waals surface area contributed by atoms with E-state index in [-0.39, 0.29) is 30.7 Å². The number of carbonyl (C=O) groups excluding carboxylic acids is 3. The summed E-state index contributed by atoms with van der Waals surface area (Å²) in [6.45, 7) is 5.13. The lowest BCUT2D eigenvalue weighted by atomic mass is 10.1. The number of benzene rings is 1. The van der Waals surface area contributed by atoms with E-state index in [1.807, 2.05) is 13.8 Å². The fraction of sp³-hybridized carbons (Fsp3) is 0.400. The topological polar surface area (TPSA) is 83.7 Å². The summed E-state index contributed by atoms with van der Waals surface area (Å²) < 4.78 is 0. The Hall–Kier alpha value is -2.37. The fourth-order valence-corrected chi connectivity index (χ4v) is 2.45. The molecule has 1 heterocycles. The Morgan fingerprint density at radius 2 is 1.76 bits per heavy atom. The maximum atomic E-state index is 12.2. The molecule has 3 amide bonds. The molecule has 6 heteroatoms. The van der Waals surface area contributed by atoms with Crippen molar-refractivity contribution in [2.24, 2.45) is 0 Å². The number of nitrogen functional groups attached to an aromatic ring is 1. The Balaban J connectivity index is 2.08. The number of nitrogens with two attached hydrogens (primary N) is 1. The van der Waals surface area contributed by atoms with Crippen LogP contribution in [0.5, 0.6) is 0 Å². The molecular formula is C15H19N3O3. The second-order valence-electron chi connectivity index (χ2n) is 4.88. The van der Waals surface area contributed by atoms with E-state index in [1.165, 1.54) is 6.07 Å². The number of imide groups is 1. The third-order valence-corrected chi connectivity index (χ3v) is 3.66. The second kappa shape index (κ2) is 5.95. The monoisotopic (exact) mass is 289 g/mol. The minimum atomic E-state index is -0.380. The molecule has 0 radical (unpaired) electrons. The molecule has 1 aliphatic rings. The molecular weight excluding hydrogens is 270 g/mol. The maximum Gasteiger partial charge on any atom is 0.261 e. The molecule has 2 rings (SSSR count). The van der Waals surface area contributed by atoms with Gasteiger partial charge in [-0.3, -0.25) is 19.3 Å². The van der Waals surface area contributed by atoms with E-state index >= 15 is 0 Å². The van der Waals surface area contributed by atoms with Crippen LogP contribution in [-0.4, -0.2) is 47.2 Å². The van der Waals surface area contributed by atoms with Gasteiger partial charge < -0.3 is 10.6 Å². The van der Waals surface area contributed by atoms with Crippen molar-refractivity contribution in [1.82, 2.24) is 9.80 Å². The number of carbonyl (C=O) groups is 3. The summed E-state index contributed by atoms with van der Waals surface area (Å²) in [7, 11) is 0. The van der Waals surface area contributed by atoms with Gasteiger partial charge in [-0.2, -0.15) is 0 Å². The molecule has 21 heavy (non-hydrogen) atoms. The number of fused-ring (bicyclic) bond motifs is 1. The van der Waals surface area contributed by atoms with Gasteiger partial charge in [0.05, 0.1) is 11.1 Å². The van der Waals surface area contributed by atoms with Crippen molar-refractivity contribution in [2.75, 3.05) is 25.4 Å². The van der Waals surface area contributed by atoms with Gasteiger partial charge in [0.25, 0.3) is 11.8 Å². The molecule has 1 aromatic rings. The summed E-state index contributed by atoms with van der Waals surface area (Å²) in [6.07, 6.45) is 0.141. The summed E-state index contributed by atoms with van der Waals surface area (Å²) in [5, 5.41) is 0. The predicted octanol–water partition coefficient (Wildman–Crippen LogP) is 1.12. The van der Waals surface area contributed by atoms with E-state index in [0.717, 1.165) is 4.90 Å². The molecule has 6 nitrogen and oxygen atoms in total. The number of nitrogens with zero attached hydrogens (tertiary/aromatic N) is 2. The molecule has 0 spiro atoms. The SMILES string of the molecule is CCN(CC)C(=O)CCN1C(=O)c2ccc(N)cc2C1=O. The first-order valence-electron chi connectivity index (χ1n) is 7.03. The summed E-state index contributed by atoms with van der Waals surface area (Å²) in [4.78, 5) is 39.1. The number of rotatable bonds is 5. The Labute approximate surface area is 123 Å². The van der Waals surface area contributed by atoms with Crippen LogP contribution in [0.2, 0.25) is 0 Å². The van der Waals surface area contributed by atoms with Gasteiger partial charge in [0.2, 0.25) is 5.91 Å². The van der Waals surface area contributed by atoms with Gasteiger partial charge in [-0.25, -0.2) is 0 Å². The number of hydrogen-bond donors (Lipinski definition) is 1. The molecule has 0 aliphatic carbocycles. The molecule has 0 saturated heterocycles. The van der Waals surface area contributed by atoms with Crippen LogP contribution >= 0.6 is 0 Å². The summed E-state index contributed by atoms with van der Waals surface area (Å²) in [5.74, 6) is -0.798. The zero-order valence-electron chi connectivity index (χ0n) is 12.3. The van der Waals surface area contributed by atoms with Crippen LogP contribution in [0, 0.1) is 0 Å². The third-order valence-electron chi connectivity index (χ3n) is 3.66. The average molecular weight is 289 g/mol. The largest absolute Gasteiger partial charge is 0.399 e. The fourth-order valence-electron chi connectivity index (χ4n) is 2.45. The smallest absolute Gasteiger partial charge is 0.261 e.